The molecule has 1 saturated carbocycles. The topological polar surface area (TPSA) is 15.3 Å². The van der Waals surface area contributed by atoms with Crippen molar-refractivity contribution in [1.29, 1.82) is 0 Å². The maximum absolute atomic E-state index is 12.7. The van der Waals surface area contributed by atoms with Crippen molar-refractivity contribution in [1.82, 2.24) is 10.2 Å². The predicted molar refractivity (Wildman–Crippen MR) is 65.5 cm³/mol. The molecule has 0 unspecified atom stereocenters. The van der Waals surface area contributed by atoms with Crippen molar-refractivity contribution < 1.29 is 13.2 Å². The third kappa shape index (κ3) is 3.60. The van der Waals surface area contributed by atoms with E-state index in [0.717, 1.165) is 19.5 Å². The van der Waals surface area contributed by atoms with Gasteiger partial charge in [-0.1, -0.05) is 6.42 Å². The second kappa shape index (κ2) is 5.78. The van der Waals surface area contributed by atoms with Crippen LogP contribution in [-0.4, -0.2) is 43.3 Å². The summed E-state index contributed by atoms with van der Waals surface area (Å²) in [5.41, 5.74) is 0. The third-order valence-corrected chi connectivity index (χ3v) is 4.45. The van der Waals surface area contributed by atoms with Gasteiger partial charge in [-0.2, -0.15) is 13.2 Å². The number of likely N-dealkylation sites (N-methyl/N-ethyl adjacent to an activating group) is 1. The highest BCUT2D eigenvalue weighted by Gasteiger charge is 2.42. The Morgan fingerprint density at radius 2 is 1.94 bits per heavy atom. The van der Waals surface area contributed by atoms with Gasteiger partial charge in [0, 0.05) is 18.6 Å². The molecule has 1 aliphatic carbocycles. The van der Waals surface area contributed by atoms with E-state index in [4.69, 9.17) is 0 Å². The van der Waals surface area contributed by atoms with Crippen LogP contribution < -0.4 is 5.32 Å². The van der Waals surface area contributed by atoms with E-state index in [0.29, 0.717) is 18.9 Å². The summed E-state index contributed by atoms with van der Waals surface area (Å²) in [5.74, 6) is -1.09. The Bertz CT molecular complexity index is 267. The van der Waals surface area contributed by atoms with Crippen LogP contribution in [0.25, 0.3) is 0 Å². The molecule has 1 N–H and O–H groups in total. The molecule has 1 aliphatic heterocycles. The van der Waals surface area contributed by atoms with Crippen LogP contribution in [0.15, 0.2) is 0 Å². The number of nitrogens with zero attached hydrogens (tertiary/aromatic N) is 1. The number of nitrogens with one attached hydrogen (secondary N) is 1. The summed E-state index contributed by atoms with van der Waals surface area (Å²) < 4.78 is 38.0. The van der Waals surface area contributed by atoms with Gasteiger partial charge in [-0.05, 0) is 45.7 Å². The summed E-state index contributed by atoms with van der Waals surface area (Å²) in [6.07, 6.45) is 0.526. The monoisotopic (exact) mass is 264 g/mol. The van der Waals surface area contributed by atoms with Gasteiger partial charge in [-0.15, -0.1) is 0 Å². The quantitative estimate of drug-likeness (QED) is 0.843. The Balaban J connectivity index is 1.76. The average molecular weight is 264 g/mol. The first kappa shape index (κ1) is 14.1. The number of rotatable bonds is 3. The van der Waals surface area contributed by atoms with E-state index < -0.39 is 12.1 Å². The van der Waals surface area contributed by atoms with Gasteiger partial charge in [-0.25, -0.2) is 0 Å². The largest absolute Gasteiger partial charge is 0.391 e. The minimum atomic E-state index is -4.01. The molecule has 0 radical (unpaired) electrons. The molecule has 3 atom stereocenters. The average Bonchev–Trinajstić information content (AvgIpc) is 2.72. The SMILES string of the molecule is CN1CCC[C@@H]1CN[C@H]1CCC[C@@H](C(F)(F)F)C1. The zero-order valence-electron chi connectivity index (χ0n) is 11.0. The van der Waals surface area contributed by atoms with Gasteiger partial charge >= 0.3 is 6.18 Å². The van der Waals surface area contributed by atoms with Crippen molar-refractivity contribution in [3.63, 3.8) is 0 Å². The summed E-state index contributed by atoms with van der Waals surface area (Å²) in [4.78, 5) is 2.30. The van der Waals surface area contributed by atoms with Gasteiger partial charge in [0.05, 0.1) is 5.92 Å². The van der Waals surface area contributed by atoms with Crippen molar-refractivity contribution >= 4 is 0 Å². The molecule has 18 heavy (non-hydrogen) atoms. The van der Waals surface area contributed by atoms with Crippen LogP contribution >= 0.6 is 0 Å². The Kier molecular flexibility index (Phi) is 4.54. The predicted octanol–water partition coefficient (Wildman–Crippen LogP) is 2.79. The summed E-state index contributed by atoms with van der Waals surface area (Å²) in [6, 6.07) is 0.565. The fraction of sp³-hybridized carbons (Fsp3) is 1.00. The normalized spacial score (nSPS) is 35.0. The second-order valence-electron chi connectivity index (χ2n) is 5.79. The Labute approximate surface area is 107 Å². The number of halogens is 3. The molecule has 0 amide bonds. The first-order valence-electron chi connectivity index (χ1n) is 6.97. The van der Waals surface area contributed by atoms with Crippen LogP contribution in [0.1, 0.15) is 38.5 Å². The van der Waals surface area contributed by atoms with Crippen LogP contribution in [-0.2, 0) is 0 Å². The summed E-state index contributed by atoms with van der Waals surface area (Å²) in [6.45, 7) is 1.95. The van der Waals surface area contributed by atoms with E-state index >= 15 is 0 Å². The van der Waals surface area contributed by atoms with Crippen LogP contribution in [0.2, 0.25) is 0 Å². The van der Waals surface area contributed by atoms with E-state index in [-0.39, 0.29) is 12.5 Å². The maximum Gasteiger partial charge on any atom is 0.391 e. The molecule has 0 bridgehead atoms. The van der Waals surface area contributed by atoms with Crippen molar-refractivity contribution in [2.24, 2.45) is 5.92 Å². The molecule has 0 spiro atoms. The molecule has 106 valence electrons. The lowest BCUT2D eigenvalue weighted by Gasteiger charge is -2.32. The molecule has 0 aromatic rings. The second-order valence-corrected chi connectivity index (χ2v) is 5.79. The Hall–Kier alpha value is -0.290. The van der Waals surface area contributed by atoms with Crippen molar-refractivity contribution in [3.05, 3.63) is 0 Å². The molecule has 2 rings (SSSR count). The minimum Gasteiger partial charge on any atom is -0.312 e. The molecule has 2 nitrogen and oxygen atoms in total. The van der Waals surface area contributed by atoms with Gasteiger partial charge in [0.25, 0.3) is 0 Å². The summed E-state index contributed by atoms with van der Waals surface area (Å²) >= 11 is 0. The van der Waals surface area contributed by atoms with Crippen molar-refractivity contribution in [2.75, 3.05) is 20.1 Å². The van der Waals surface area contributed by atoms with Crippen LogP contribution in [0, 0.1) is 5.92 Å². The number of alkyl halides is 3. The molecule has 1 heterocycles. The fourth-order valence-electron chi connectivity index (χ4n) is 3.21. The molecular weight excluding hydrogens is 241 g/mol. The highest BCUT2D eigenvalue weighted by atomic mass is 19.4. The zero-order valence-corrected chi connectivity index (χ0v) is 11.0. The molecule has 1 saturated heterocycles. The van der Waals surface area contributed by atoms with E-state index in [1.807, 2.05) is 0 Å². The Morgan fingerprint density at radius 3 is 2.56 bits per heavy atom. The maximum atomic E-state index is 12.7. The minimum absolute atomic E-state index is 0.0550. The molecule has 5 heteroatoms. The lowest BCUT2D eigenvalue weighted by Crippen LogP contribution is -2.44. The van der Waals surface area contributed by atoms with E-state index in [2.05, 4.69) is 17.3 Å². The Morgan fingerprint density at radius 1 is 1.17 bits per heavy atom. The lowest BCUT2D eigenvalue weighted by molar-refractivity contribution is -0.183. The zero-order chi connectivity index (χ0) is 13.2. The van der Waals surface area contributed by atoms with E-state index in [9.17, 15) is 13.2 Å². The smallest absolute Gasteiger partial charge is 0.312 e. The summed E-state index contributed by atoms with van der Waals surface area (Å²) in [7, 11) is 2.10. The van der Waals surface area contributed by atoms with Crippen LogP contribution in [0.5, 0.6) is 0 Å². The van der Waals surface area contributed by atoms with Gasteiger partial charge < -0.3 is 10.2 Å². The standard InChI is InChI=1S/C13H23F3N2/c1-18-7-3-6-12(18)9-17-11-5-2-4-10(8-11)13(14,15)16/h10-12,17H,2-9H2,1H3/t10-,11+,12-/m1/s1. The van der Waals surface area contributed by atoms with Gasteiger partial charge in [0.1, 0.15) is 0 Å². The van der Waals surface area contributed by atoms with Gasteiger partial charge in [0.15, 0.2) is 0 Å². The number of likely N-dealkylation sites (tertiary alicyclic amines) is 1. The first-order chi connectivity index (χ1) is 8.47. The molecule has 0 aromatic carbocycles. The molecular formula is C13H23F3N2. The van der Waals surface area contributed by atoms with Crippen molar-refractivity contribution in [2.45, 2.75) is 56.8 Å². The van der Waals surface area contributed by atoms with Gasteiger partial charge in [0.2, 0.25) is 0 Å². The molecule has 2 aliphatic rings. The summed E-state index contributed by atoms with van der Waals surface area (Å²) in [5, 5.41) is 3.35. The first-order valence-corrected chi connectivity index (χ1v) is 6.97. The van der Waals surface area contributed by atoms with Crippen LogP contribution in [0.4, 0.5) is 13.2 Å². The van der Waals surface area contributed by atoms with Gasteiger partial charge in [-0.3, -0.25) is 0 Å². The van der Waals surface area contributed by atoms with E-state index in [1.165, 1.54) is 12.8 Å². The van der Waals surface area contributed by atoms with Crippen LogP contribution in [0.3, 0.4) is 0 Å². The van der Waals surface area contributed by atoms with Crippen molar-refractivity contribution in [3.8, 4) is 0 Å². The number of hydrogen-bond acceptors (Lipinski definition) is 2. The highest BCUT2D eigenvalue weighted by molar-refractivity contribution is 4.85. The molecule has 0 aromatic heterocycles. The fourth-order valence-corrected chi connectivity index (χ4v) is 3.21. The highest BCUT2D eigenvalue weighted by Crippen LogP contribution is 2.37. The molecule has 2 fully saturated rings. The number of hydrogen-bond donors (Lipinski definition) is 1. The van der Waals surface area contributed by atoms with E-state index in [1.54, 1.807) is 0 Å². The lowest BCUT2D eigenvalue weighted by atomic mass is 9.85. The third-order valence-electron chi connectivity index (χ3n) is 4.45.